The van der Waals surface area contributed by atoms with E-state index in [4.69, 9.17) is 33.0 Å². The van der Waals surface area contributed by atoms with Crippen molar-refractivity contribution < 1.29 is 27.9 Å². The highest BCUT2D eigenvalue weighted by atomic mass is 35.5. The molecule has 12 heteroatoms. The Kier molecular flexibility index (Phi) is 6.02. The lowest BCUT2D eigenvalue weighted by molar-refractivity contribution is -0.143. The highest BCUT2D eigenvalue weighted by Gasteiger charge is 2.49. The zero-order valence-corrected chi connectivity index (χ0v) is 16.8. The van der Waals surface area contributed by atoms with E-state index in [1.165, 1.54) is 11.8 Å². The minimum atomic E-state index is -3.21. The molecule has 146 valence electrons. The van der Waals surface area contributed by atoms with Crippen LogP contribution in [-0.4, -0.2) is 66.6 Å². The van der Waals surface area contributed by atoms with E-state index in [1.54, 1.807) is 23.1 Å². The van der Waals surface area contributed by atoms with E-state index in [0.717, 1.165) is 0 Å². The number of amidine groups is 1. The van der Waals surface area contributed by atoms with Crippen LogP contribution in [0.2, 0.25) is 10.0 Å². The van der Waals surface area contributed by atoms with Gasteiger partial charge in [0, 0.05) is 10.3 Å². The van der Waals surface area contributed by atoms with Crippen LogP contribution in [0.5, 0.6) is 0 Å². The predicted octanol–water partition coefficient (Wildman–Crippen LogP) is 1.70. The SMILES string of the molecule is O=C(O)COCC(=O)N=C1S[C@@H]2CS(=O)(=O)C[C@@H]2N1c1cc(Cl)ccc1Cl. The van der Waals surface area contributed by atoms with E-state index in [9.17, 15) is 18.0 Å². The monoisotopic (exact) mass is 452 g/mol. The number of sulfone groups is 1. The summed E-state index contributed by atoms with van der Waals surface area (Å²) in [5.74, 6) is -1.99. The number of rotatable bonds is 5. The second-order valence-electron chi connectivity index (χ2n) is 5.94. The maximum Gasteiger partial charge on any atom is 0.329 e. The van der Waals surface area contributed by atoms with Crippen molar-refractivity contribution >= 4 is 67.5 Å². The van der Waals surface area contributed by atoms with Crippen molar-refractivity contribution in [2.24, 2.45) is 4.99 Å². The third-order valence-corrected chi connectivity index (χ3v) is 7.67. The molecule has 2 aliphatic heterocycles. The van der Waals surface area contributed by atoms with Gasteiger partial charge in [0.1, 0.15) is 13.2 Å². The number of hydrogen-bond donors (Lipinski definition) is 1. The van der Waals surface area contributed by atoms with Crippen molar-refractivity contribution in [3.05, 3.63) is 28.2 Å². The van der Waals surface area contributed by atoms with Gasteiger partial charge < -0.3 is 14.7 Å². The molecule has 2 aliphatic rings. The summed E-state index contributed by atoms with van der Waals surface area (Å²) >= 11 is 13.5. The number of carboxylic acid groups (broad SMARTS) is 1. The minimum Gasteiger partial charge on any atom is -0.480 e. The fraction of sp³-hybridized carbons (Fsp3) is 0.400. The van der Waals surface area contributed by atoms with Crippen molar-refractivity contribution in [3.8, 4) is 0 Å². The Hall–Kier alpha value is -1.33. The summed E-state index contributed by atoms with van der Waals surface area (Å²) in [4.78, 5) is 28.1. The van der Waals surface area contributed by atoms with Gasteiger partial charge in [-0.15, -0.1) is 0 Å². The van der Waals surface area contributed by atoms with Gasteiger partial charge >= 0.3 is 5.97 Å². The molecule has 1 N–H and O–H groups in total. The van der Waals surface area contributed by atoms with Crippen molar-refractivity contribution in [1.29, 1.82) is 0 Å². The fourth-order valence-electron chi connectivity index (χ4n) is 2.88. The average Bonchev–Trinajstić information content (AvgIpc) is 3.00. The number of carbonyl (C=O) groups is 2. The number of benzene rings is 1. The zero-order chi connectivity index (χ0) is 19.8. The van der Waals surface area contributed by atoms with Crippen LogP contribution in [0.25, 0.3) is 0 Å². The number of ether oxygens (including phenoxy) is 1. The molecule has 2 fully saturated rings. The topological polar surface area (TPSA) is 113 Å². The van der Waals surface area contributed by atoms with Gasteiger partial charge in [-0.2, -0.15) is 4.99 Å². The molecule has 3 rings (SSSR count). The molecule has 0 radical (unpaired) electrons. The molecule has 27 heavy (non-hydrogen) atoms. The van der Waals surface area contributed by atoms with Gasteiger partial charge in [0.25, 0.3) is 5.91 Å². The summed E-state index contributed by atoms with van der Waals surface area (Å²) in [5.41, 5.74) is 0.458. The minimum absolute atomic E-state index is 0.0280. The van der Waals surface area contributed by atoms with E-state index in [2.05, 4.69) is 4.99 Å². The number of aliphatic carboxylic acids is 1. The molecule has 0 unspecified atom stereocenters. The second-order valence-corrected chi connectivity index (χ2v) is 10.1. The summed E-state index contributed by atoms with van der Waals surface area (Å²) in [6.07, 6.45) is 0. The van der Waals surface area contributed by atoms with Crippen LogP contribution in [0.3, 0.4) is 0 Å². The Balaban J connectivity index is 1.91. The van der Waals surface area contributed by atoms with Gasteiger partial charge in [0.05, 0.1) is 28.3 Å². The van der Waals surface area contributed by atoms with Crippen molar-refractivity contribution in [2.45, 2.75) is 11.3 Å². The van der Waals surface area contributed by atoms with E-state index >= 15 is 0 Å². The van der Waals surface area contributed by atoms with Gasteiger partial charge in [0.15, 0.2) is 15.0 Å². The summed E-state index contributed by atoms with van der Waals surface area (Å²) in [5, 5.41) is 9.28. The van der Waals surface area contributed by atoms with Crippen molar-refractivity contribution in [3.63, 3.8) is 0 Å². The molecule has 1 aromatic rings. The fourth-order valence-corrected chi connectivity index (χ4v) is 7.18. The van der Waals surface area contributed by atoms with Crippen LogP contribution in [-0.2, 0) is 24.2 Å². The maximum absolute atomic E-state index is 12.0. The highest BCUT2D eigenvalue weighted by Crippen LogP contribution is 2.43. The molecule has 1 aromatic carbocycles. The van der Waals surface area contributed by atoms with Gasteiger partial charge in [-0.25, -0.2) is 13.2 Å². The second kappa shape index (κ2) is 7.96. The highest BCUT2D eigenvalue weighted by molar-refractivity contribution is 8.16. The third-order valence-electron chi connectivity index (χ3n) is 3.91. The molecule has 1 amide bonds. The first-order valence-electron chi connectivity index (χ1n) is 7.69. The molecule has 8 nitrogen and oxygen atoms in total. The van der Waals surface area contributed by atoms with Gasteiger partial charge in [-0.1, -0.05) is 35.0 Å². The lowest BCUT2D eigenvalue weighted by Crippen LogP contribution is -2.38. The van der Waals surface area contributed by atoms with Gasteiger partial charge in [-0.3, -0.25) is 4.79 Å². The molecular weight excluding hydrogens is 439 g/mol. The predicted molar refractivity (Wildman–Crippen MR) is 104 cm³/mol. The Labute approximate surface area is 169 Å². The Bertz CT molecular complexity index is 921. The molecule has 0 aliphatic carbocycles. The molecule has 0 saturated carbocycles. The normalized spacial score (nSPS) is 25.0. The summed E-state index contributed by atoms with van der Waals surface area (Å²) in [6, 6.07) is 4.33. The van der Waals surface area contributed by atoms with E-state index < -0.39 is 41.0 Å². The quantitative estimate of drug-likeness (QED) is 0.717. The molecule has 2 heterocycles. The first-order chi connectivity index (χ1) is 12.7. The average molecular weight is 453 g/mol. The third kappa shape index (κ3) is 4.75. The molecule has 0 bridgehead atoms. The lowest BCUT2D eigenvalue weighted by Gasteiger charge is -2.25. The van der Waals surface area contributed by atoms with Crippen LogP contribution in [0.15, 0.2) is 23.2 Å². The Morgan fingerprint density at radius 1 is 1.30 bits per heavy atom. The Morgan fingerprint density at radius 3 is 2.74 bits per heavy atom. The van der Waals surface area contributed by atoms with Crippen LogP contribution < -0.4 is 4.90 Å². The summed E-state index contributed by atoms with van der Waals surface area (Å²) < 4.78 is 28.8. The number of nitrogens with zero attached hydrogens (tertiary/aromatic N) is 2. The first kappa shape index (κ1) is 20.4. The standard InChI is InChI=1S/C15H14Cl2N2O6S2/c16-8-1-2-9(17)10(3-8)19-11-6-27(23,24)7-12(11)26-15(19)18-13(20)4-25-5-14(21)22/h1-3,11-12H,4-7H2,(H,21,22)/t11-,12+/m0/s1. The number of thioether (sulfide) groups is 1. The molecule has 2 atom stereocenters. The number of halogens is 2. The van der Waals surface area contributed by atoms with E-state index in [0.29, 0.717) is 15.7 Å². The number of anilines is 1. The zero-order valence-electron chi connectivity index (χ0n) is 13.7. The lowest BCUT2D eigenvalue weighted by atomic mass is 10.2. The van der Waals surface area contributed by atoms with Crippen LogP contribution >= 0.6 is 35.0 Å². The number of hydrogen-bond acceptors (Lipinski definition) is 6. The molecule has 2 saturated heterocycles. The molecular formula is C15H14Cl2N2O6S2. The van der Waals surface area contributed by atoms with Crippen LogP contribution in [0.1, 0.15) is 0 Å². The number of amides is 1. The number of carboxylic acids is 1. The van der Waals surface area contributed by atoms with Gasteiger partial charge in [-0.05, 0) is 18.2 Å². The summed E-state index contributed by atoms with van der Waals surface area (Å²) in [6.45, 7) is -1.11. The molecule has 0 spiro atoms. The largest absolute Gasteiger partial charge is 0.480 e. The van der Waals surface area contributed by atoms with E-state index in [1.807, 2.05) is 0 Å². The van der Waals surface area contributed by atoms with E-state index in [-0.39, 0.29) is 21.9 Å². The number of carbonyl (C=O) groups excluding carboxylic acids is 1. The Morgan fingerprint density at radius 2 is 2.04 bits per heavy atom. The maximum atomic E-state index is 12.0. The number of fused-ring (bicyclic) bond motifs is 1. The molecule has 0 aromatic heterocycles. The van der Waals surface area contributed by atoms with Crippen LogP contribution in [0, 0.1) is 0 Å². The van der Waals surface area contributed by atoms with Crippen molar-refractivity contribution in [2.75, 3.05) is 29.6 Å². The summed E-state index contributed by atoms with van der Waals surface area (Å²) in [7, 11) is -3.21. The van der Waals surface area contributed by atoms with Crippen molar-refractivity contribution in [1.82, 2.24) is 0 Å². The number of aliphatic imine (C=N–C) groups is 1. The van der Waals surface area contributed by atoms with Gasteiger partial charge in [0.2, 0.25) is 0 Å². The van der Waals surface area contributed by atoms with Crippen LogP contribution in [0.4, 0.5) is 5.69 Å². The first-order valence-corrected chi connectivity index (χ1v) is 11.1. The smallest absolute Gasteiger partial charge is 0.329 e.